The molecule has 0 saturated carbocycles. The summed E-state index contributed by atoms with van der Waals surface area (Å²) in [5.74, 6) is 0.500. The Hall–Kier alpha value is -2.18. The first-order valence-corrected chi connectivity index (χ1v) is 8.99. The van der Waals surface area contributed by atoms with E-state index in [1.807, 2.05) is 12.1 Å². The summed E-state index contributed by atoms with van der Waals surface area (Å²) in [4.78, 5) is 21.4. The normalized spacial score (nSPS) is 15.2. The minimum atomic E-state index is -0.118. The number of hydrogen-bond acceptors (Lipinski definition) is 5. The summed E-state index contributed by atoms with van der Waals surface area (Å²) in [6.45, 7) is 6.65. The van der Waals surface area contributed by atoms with Crippen LogP contribution in [-0.2, 0) is 17.7 Å². The summed E-state index contributed by atoms with van der Waals surface area (Å²) in [6.07, 6.45) is 2.95. The monoisotopic (exact) mass is 342 g/mol. The first-order chi connectivity index (χ1) is 12.2. The highest BCUT2D eigenvalue weighted by atomic mass is 16.5. The van der Waals surface area contributed by atoms with Crippen LogP contribution in [0.25, 0.3) is 0 Å². The van der Waals surface area contributed by atoms with Gasteiger partial charge in [0.15, 0.2) is 0 Å². The quantitative estimate of drug-likeness (QED) is 0.809. The predicted molar refractivity (Wildman–Crippen MR) is 99.3 cm³/mol. The molecule has 1 aromatic carbocycles. The van der Waals surface area contributed by atoms with Gasteiger partial charge in [-0.25, -0.2) is 4.98 Å². The fourth-order valence-electron chi connectivity index (χ4n) is 2.90. The Morgan fingerprint density at radius 3 is 2.72 bits per heavy atom. The van der Waals surface area contributed by atoms with Gasteiger partial charge in [0.2, 0.25) is 5.95 Å². The largest absolute Gasteiger partial charge is 0.379 e. The number of unbranched alkanes of at least 4 members (excludes halogenated alkanes) is 1. The van der Waals surface area contributed by atoms with Crippen molar-refractivity contribution in [1.82, 2.24) is 14.9 Å². The average Bonchev–Trinajstić information content (AvgIpc) is 2.62. The number of benzene rings is 1. The summed E-state index contributed by atoms with van der Waals surface area (Å²) in [6, 6.07) is 9.84. The van der Waals surface area contributed by atoms with E-state index < -0.39 is 0 Å². The van der Waals surface area contributed by atoms with Gasteiger partial charge in [0, 0.05) is 37.1 Å². The number of nitrogens with zero attached hydrogens (tertiary/aromatic N) is 2. The van der Waals surface area contributed by atoms with E-state index in [1.54, 1.807) is 6.07 Å². The average molecular weight is 342 g/mol. The van der Waals surface area contributed by atoms with E-state index in [1.165, 1.54) is 5.56 Å². The number of rotatable bonds is 7. The van der Waals surface area contributed by atoms with E-state index in [4.69, 9.17) is 4.74 Å². The molecular weight excluding hydrogens is 316 g/mol. The van der Waals surface area contributed by atoms with E-state index >= 15 is 0 Å². The molecule has 1 saturated heterocycles. The van der Waals surface area contributed by atoms with E-state index in [-0.39, 0.29) is 5.56 Å². The third-order valence-corrected chi connectivity index (χ3v) is 4.31. The van der Waals surface area contributed by atoms with Gasteiger partial charge in [-0.3, -0.25) is 14.7 Å². The third kappa shape index (κ3) is 5.41. The third-order valence-electron chi connectivity index (χ3n) is 4.31. The SMILES string of the molecule is CCCCc1cc(=O)[nH]c(Nc2ccc(CN3CCOCC3)cc2)n1. The smallest absolute Gasteiger partial charge is 0.252 e. The van der Waals surface area contributed by atoms with Crippen molar-refractivity contribution in [2.45, 2.75) is 32.7 Å². The van der Waals surface area contributed by atoms with Gasteiger partial charge < -0.3 is 10.1 Å². The van der Waals surface area contributed by atoms with Crippen molar-refractivity contribution in [2.75, 3.05) is 31.6 Å². The molecule has 0 amide bonds. The maximum Gasteiger partial charge on any atom is 0.252 e. The second-order valence-electron chi connectivity index (χ2n) is 6.40. The molecule has 25 heavy (non-hydrogen) atoms. The molecule has 0 bridgehead atoms. The number of ether oxygens (including phenoxy) is 1. The lowest BCUT2D eigenvalue weighted by molar-refractivity contribution is 0.0342. The van der Waals surface area contributed by atoms with Crippen LogP contribution in [0.5, 0.6) is 0 Å². The minimum Gasteiger partial charge on any atom is -0.379 e. The highest BCUT2D eigenvalue weighted by Gasteiger charge is 2.10. The molecule has 2 N–H and O–H groups in total. The van der Waals surface area contributed by atoms with Gasteiger partial charge in [-0.15, -0.1) is 0 Å². The molecule has 6 nitrogen and oxygen atoms in total. The standard InChI is InChI=1S/C19H26N4O2/c1-2-3-4-17-13-18(24)22-19(21-17)20-16-7-5-15(6-8-16)14-23-9-11-25-12-10-23/h5-8,13H,2-4,9-12,14H2,1H3,(H2,20,21,22,24). The van der Waals surface area contributed by atoms with Gasteiger partial charge in [0.25, 0.3) is 5.56 Å². The highest BCUT2D eigenvalue weighted by Crippen LogP contribution is 2.15. The first-order valence-electron chi connectivity index (χ1n) is 8.99. The summed E-state index contributed by atoms with van der Waals surface area (Å²) >= 11 is 0. The second-order valence-corrected chi connectivity index (χ2v) is 6.40. The Labute approximate surface area is 148 Å². The topological polar surface area (TPSA) is 70.2 Å². The van der Waals surface area contributed by atoms with E-state index in [2.05, 4.69) is 39.2 Å². The second kappa shape index (κ2) is 8.78. The van der Waals surface area contributed by atoms with Gasteiger partial charge >= 0.3 is 0 Å². The van der Waals surface area contributed by atoms with Crippen LogP contribution >= 0.6 is 0 Å². The van der Waals surface area contributed by atoms with Gasteiger partial charge in [-0.2, -0.15) is 0 Å². The van der Waals surface area contributed by atoms with Gasteiger partial charge in [-0.05, 0) is 30.5 Å². The summed E-state index contributed by atoms with van der Waals surface area (Å²) in [5, 5.41) is 3.19. The molecule has 1 fully saturated rings. The summed E-state index contributed by atoms with van der Waals surface area (Å²) in [5.41, 5.74) is 2.90. The first kappa shape index (κ1) is 17.6. The molecule has 0 unspecified atom stereocenters. The fraction of sp³-hybridized carbons (Fsp3) is 0.474. The van der Waals surface area contributed by atoms with Crippen LogP contribution in [0.3, 0.4) is 0 Å². The predicted octanol–water partition coefficient (Wildman–Crippen LogP) is 2.69. The number of anilines is 2. The molecule has 2 aromatic rings. The van der Waals surface area contributed by atoms with Crippen LogP contribution in [0.4, 0.5) is 11.6 Å². The van der Waals surface area contributed by atoms with Crippen molar-refractivity contribution in [2.24, 2.45) is 0 Å². The van der Waals surface area contributed by atoms with E-state index in [9.17, 15) is 4.79 Å². The molecule has 0 atom stereocenters. The maximum atomic E-state index is 11.8. The minimum absolute atomic E-state index is 0.118. The van der Waals surface area contributed by atoms with Crippen molar-refractivity contribution in [1.29, 1.82) is 0 Å². The van der Waals surface area contributed by atoms with Gasteiger partial charge in [0.05, 0.1) is 13.2 Å². The number of H-pyrrole nitrogens is 1. The summed E-state index contributed by atoms with van der Waals surface area (Å²) < 4.78 is 5.38. The van der Waals surface area contributed by atoms with Crippen LogP contribution in [-0.4, -0.2) is 41.2 Å². The molecule has 1 aliphatic rings. The van der Waals surface area contributed by atoms with Crippen molar-refractivity contribution in [3.05, 3.63) is 51.9 Å². The van der Waals surface area contributed by atoms with Gasteiger partial charge in [0.1, 0.15) is 0 Å². The van der Waals surface area contributed by atoms with E-state index in [0.29, 0.717) is 5.95 Å². The molecule has 0 aliphatic carbocycles. The molecule has 1 aliphatic heterocycles. The maximum absolute atomic E-state index is 11.8. The van der Waals surface area contributed by atoms with Crippen LogP contribution in [0.1, 0.15) is 31.0 Å². The van der Waals surface area contributed by atoms with Crippen molar-refractivity contribution >= 4 is 11.6 Å². The molecule has 3 rings (SSSR count). The lowest BCUT2D eigenvalue weighted by Gasteiger charge is -2.26. The highest BCUT2D eigenvalue weighted by molar-refractivity contribution is 5.53. The van der Waals surface area contributed by atoms with Crippen molar-refractivity contribution in [3.63, 3.8) is 0 Å². The van der Waals surface area contributed by atoms with Gasteiger partial charge in [-0.1, -0.05) is 25.5 Å². The number of aryl methyl sites for hydroxylation is 1. The van der Waals surface area contributed by atoms with Crippen molar-refractivity contribution < 1.29 is 4.74 Å². The molecule has 0 radical (unpaired) electrons. The zero-order valence-electron chi connectivity index (χ0n) is 14.8. The molecule has 134 valence electrons. The molecule has 2 heterocycles. The summed E-state index contributed by atoms with van der Waals surface area (Å²) in [7, 11) is 0. The lowest BCUT2D eigenvalue weighted by atomic mass is 10.2. The van der Waals surface area contributed by atoms with Crippen molar-refractivity contribution in [3.8, 4) is 0 Å². The lowest BCUT2D eigenvalue weighted by Crippen LogP contribution is -2.35. The van der Waals surface area contributed by atoms with E-state index in [0.717, 1.165) is 63.5 Å². The van der Waals surface area contributed by atoms with Crippen LogP contribution in [0.2, 0.25) is 0 Å². The number of morpholine rings is 1. The fourth-order valence-corrected chi connectivity index (χ4v) is 2.90. The Balaban J connectivity index is 1.62. The Morgan fingerprint density at radius 2 is 2.00 bits per heavy atom. The van der Waals surface area contributed by atoms with Crippen LogP contribution in [0.15, 0.2) is 35.1 Å². The number of aromatic nitrogens is 2. The molecule has 1 aromatic heterocycles. The Bertz CT molecular complexity index is 721. The molecule has 6 heteroatoms. The number of hydrogen-bond donors (Lipinski definition) is 2. The zero-order chi connectivity index (χ0) is 17.5. The molecular formula is C19H26N4O2. The number of aromatic amines is 1. The number of nitrogens with one attached hydrogen (secondary N) is 2. The van der Waals surface area contributed by atoms with Crippen LogP contribution < -0.4 is 10.9 Å². The Kier molecular flexibility index (Phi) is 6.19. The van der Waals surface area contributed by atoms with Crippen LogP contribution in [0, 0.1) is 0 Å². The zero-order valence-corrected chi connectivity index (χ0v) is 14.8. The molecule has 0 spiro atoms. The Morgan fingerprint density at radius 1 is 1.24 bits per heavy atom.